The summed E-state index contributed by atoms with van der Waals surface area (Å²) in [6.07, 6.45) is 0.981. The molecule has 4 rings (SSSR count). The molecule has 26 heavy (non-hydrogen) atoms. The molecule has 1 N–H and O–H groups in total. The predicted molar refractivity (Wildman–Crippen MR) is 104 cm³/mol. The maximum absolute atomic E-state index is 12.5. The summed E-state index contributed by atoms with van der Waals surface area (Å²) in [5.74, 6) is 0.783. The fraction of sp³-hybridized carbons (Fsp3) is 0.300. The molecule has 2 aromatic carbocycles. The second-order valence-corrected chi connectivity index (χ2v) is 7.01. The number of benzene rings is 2. The zero-order chi connectivity index (χ0) is 17.9. The van der Waals surface area contributed by atoms with Crippen LogP contribution in [-0.4, -0.2) is 47.4 Å². The van der Waals surface area contributed by atoms with E-state index in [1.54, 1.807) is 0 Å². The molecule has 0 bridgehead atoms. The van der Waals surface area contributed by atoms with Gasteiger partial charge in [0, 0.05) is 47.0 Å². The Morgan fingerprint density at radius 3 is 2.62 bits per heavy atom. The van der Waals surface area contributed by atoms with Crippen molar-refractivity contribution in [3.63, 3.8) is 0 Å². The first kappa shape index (κ1) is 17.2. The third kappa shape index (κ3) is 3.50. The summed E-state index contributed by atoms with van der Waals surface area (Å²) in [4.78, 5) is 2.13. The smallest absolute Gasteiger partial charge is 0.156 e. The molecule has 134 valence electrons. The number of hydrogen-bond donors (Lipinski definition) is 1. The van der Waals surface area contributed by atoms with Crippen LogP contribution < -0.4 is 5.32 Å². The largest absolute Gasteiger partial charge is 0.364 e. The van der Waals surface area contributed by atoms with Crippen molar-refractivity contribution in [3.05, 3.63) is 53.6 Å². The van der Waals surface area contributed by atoms with Crippen LogP contribution in [0.5, 0.6) is 0 Å². The van der Waals surface area contributed by atoms with Crippen LogP contribution in [0.1, 0.15) is 6.42 Å². The third-order valence-electron chi connectivity index (χ3n) is 4.82. The van der Waals surface area contributed by atoms with Gasteiger partial charge in [-0.2, -0.15) is 0 Å². The zero-order valence-electron chi connectivity index (χ0n) is 14.3. The molecular weight excluding hydrogens is 351 g/mol. The Bertz CT molecular complexity index is 900. The van der Waals surface area contributed by atoms with Crippen molar-refractivity contribution in [3.8, 4) is 11.3 Å². The van der Waals surface area contributed by atoms with Crippen molar-refractivity contribution in [1.82, 2.24) is 15.1 Å². The van der Waals surface area contributed by atoms with Crippen LogP contribution in [0.25, 0.3) is 22.0 Å². The van der Waals surface area contributed by atoms with Gasteiger partial charge in [-0.05, 0) is 18.6 Å². The lowest BCUT2D eigenvalue weighted by molar-refractivity contribution is 0.296. The lowest BCUT2D eigenvalue weighted by atomic mass is 10.0. The Morgan fingerprint density at radius 1 is 1.08 bits per heavy atom. The number of halogens is 2. The highest BCUT2D eigenvalue weighted by Crippen LogP contribution is 2.31. The molecule has 2 heterocycles. The Kier molecular flexibility index (Phi) is 5.00. The predicted octanol–water partition coefficient (Wildman–Crippen LogP) is 4.41. The molecule has 0 saturated carbocycles. The van der Waals surface area contributed by atoms with Gasteiger partial charge in [-0.1, -0.05) is 48.0 Å². The van der Waals surface area contributed by atoms with Gasteiger partial charge in [-0.25, -0.2) is 4.39 Å². The lowest BCUT2D eigenvalue weighted by Gasteiger charge is -2.17. The van der Waals surface area contributed by atoms with Crippen LogP contribution in [0.4, 0.5) is 10.2 Å². The quantitative estimate of drug-likeness (QED) is 0.722. The first-order valence-corrected chi connectivity index (χ1v) is 9.18. The van der Waals surface area contributed by atoms with Crippen molar-refractivity contribution >= 4 is 28.2 Å². The third-order valence-corrected chi connectivity index (χ3v) is 5.07. The minimum atomic E-state index is -0.300. The molecule has 1 aliphatic heterocycles. The summed E-state index contributed by atoms with van der Waals surface area (Å²) < 4.78 is 12.5. The summed E-state index contributed by atoms with van der Waals surface area (Å²) in [6.45, 7) is 1.94. The fourth-order valence-electron chi connectivity index (χ4n) is 3.50. The van der Waals surface area contributed by atoms with E-state index in [-0.39, 0.29) is 12.7 Å². The molecule has 0 radical (unpaired) electrons. The van der Waals surface area contributed by atoms with Gasteiger partial charge in [0.25, 0.3) is 0 Å². The van der Waals surface area contributed by atoms with Gasteiger partial charge in [-0.15, -0.1) is 10.2 Å². The van der Waals surface area contributed by atoms with Crippen LogP contribution in [0, 0.1) is 0 Å². The first-order valence-electron chi connectivity index (χ1n) is 8.81. The minimum Gasteiger partial charge on any atom is -0.364 e. The first-order chi connectivity index (χ1) is 12.7. The van der Waals surface area contributed by atoms with Crippen LogP contribution in [0.2, 0.25) is 5.02 Å². The SMILES string of the molecule is FCCN1CCC(Nc2nnc(-c3ccc(Cl)cc3)c3ccccc23)C1. The van der Waals surface area contributed by atoms with Crippen molar-refractivity contribution < 1.29 is 4.39 Å². The topological polar surface area (TPSA) is 41.0 Å². The lowest BCUT2D eigenvalue weighted by Crippen LogP contribution is -2.28. The van der Waals surface area contributed by atoms with E-state index in [2.05, 4.69) is 32.5 Å². The molecule has 1 fully saturated rings. The van der Waals surface area contributed by atoms with E-state index in [0.717, 1.165) is 47.4 Å². The summed E-state index contributed by atoms with van der Waals surface area (Å²) in [7, 11) is 0. The maximum atomic E-state index is 12.5. The van der Waals surface area contributed by atoms with E-state index in [1.807, 2.05) is 36.4 Å². The average molecular weight is 371 g/mol. The monoisotopic (exact) mass is 370 g/mol. The van der Waals surface area contributed by atoms with Gasteiger partial charge in [0.2, 0.25) is 0 Å². The van der Waals surface area contributed by atoms with Crippen LogP contribution in [0.3, 0.4) is 0 Å². The number of rotatable bonds is 5. The number of alkyl halides is 1. The molecule has 4 nitrogen and oxygen atoms in total. The van der Waals surface area contributed by atoms with Crippen molar-refractivity contribution in [2.24, 2.45) is 0 Å². The summed E-state index contributed by atoms with van der Waals surface area (Å²) in [5, 5.41) is 15.2. The molecule has 3 aromatic rings. The number of anilines is 1. The molecule has 1 unspecified atom stereocenters. The molecule has 0 spiro atoms. The van der Waals surface area contributed by atoms with Crippen LogP contribution in [0.15, 0.2) is 48.5 Å². The Balaban J connectivity index is 1.65. The summed E-state index contributed by atoms with van der Waals surface area (Å²) >= 11 is 6.00. The highest BCUT2D eigenvalue weighted by molar-refractivity contribution is 6.30. The normalized spacial score (nSPS) is 17.7. The maximum Gasteiger partial charge on any atom is 0.156 e. The van der Waals surface area contributed by atoms with E-state index >= 15 is 0 Å². The zero-order valence-corrected chi connectivity index (χ0v) is 15.1. The number of nitrogens with zero attached hydrogens (tertiary/aromatic N) is 3. The highest BCUT2D eigenvalue weighted by atomic mass is 35.5. The van der Waals surface area contributed by atoms with E-state index in [1.165, 1.54) is 0 Å². The van der Waals surface area contributed by atoms with Gasteiger partial charge in [-0.3, -0.25) is 4.90 Å². The highest BCUT2D eigenvalue weighted by Gasteiger charge is 2.23. The Hall–Kier alpha value is -2.24. The van der Waals surface area contributed by atoms with E-state index in [4.69, 9.17) is 11.6 Å². The number of nitrogens with one attached hydrogen (secondary N) is 1. The Labute approximate surface area is 157 Å². The number of hydrogen-bond acceptors (Lipinski definition) is 4. The molecule has 1 saturated heterocycles. The molecule has 1 aliphatic rings. The van der Waals surface area contributed by atoms with Crippen molar-refractivity contribution in [2.45, 2.75) is 12.5 Å². The Morgan fingerprint density at radius 2 is 1.85 bits per heavy atom. The molecule has 6 heteroatoms. The van der Waals surface area contributed by atoms with E-state index < -0.39 is 0 Å². The average Bonchev–Trinajstić information content (AvgIpc) is 3.10. The number of aromatic nitrogens is 2. The molecule has 1 atom stereocenters. The van der Waals surface area contributed by atoms with E-state index in [9.17, 15) is 4.39 Å². The van der Waals surface area contributed by atoms with Gasteiger partial charge >= 0.3 is 0 Å². The molecule has 1 aromatic heterocycles. The van der Waals surface area contributed by atoms with Gasteiger partial charge in [0.15, 0.2) is 5.82 Å². The molecule has 0 aliphatic carbocycles. The van der Waals surface area contributed by atoms with Gasteiger partial charge in [0.1, 0.15) is 12.4 Å². The number of fused-ring (bicyclic) bond motifs is 1. The standard InChI is InChI=1S/C20H20ClFN4/c21-15-7-5-14(6-8-15)19-17-3-1-2-4-18(17)20(25-24-19)23-16-9-11-26(13-16)12-10-22/h1-8,16H,9-13H2,(H,23,25). The molecule has 0 amide bonds. The van der Waals surface area contributed by atoms with Gasteiger partial charge < -0.3 is 5.32 Å². The van der Waals surface area contributed by atoms with E-state index in [0.29, 0.717) is 11.6 Å². The van der Waals surface area contributed by atoms with Crippen molar-refractivity contribution in [1.29, 1.82) is 0 Å². The second-order valence-electron chi connectivity index (χ2n) is 6.57. The second kappa shape index (κ2) is 7.56. The van der Waals surface area contributed by atoms with Crippen LogP contribution >= 0.6 is 11.6 Å². The summed E-state index contributed by atoms with van der Waals surface area (Å²) in [5.41, 5.74) is 1.83. The van der Waals surface area contributed by atoms with Gasteiger partial charge in [0.05, 0.1) is 0 Å². The molecular formula is C20H20ClFN4. The summed E-state index contributed by atoms with van der Waals surface area (Å²) in [6, 6.07) is 16.0. The minimum absolute atomic E-state index is 0.264. The number of likely N-dealkylation sites (tertiary alicyclic amines) is 1. The van der Waals surface area contributed by atoms with Crippen molar-refractivity contribution in [2.75, 3.05) is 31.6 Å². The fourth-order valence-corrected chi connectivity index (χ4v) is 3.62. The van der Waals surface area contributed by atoms with Crippen LogP contribution in [-0.2, 0) is 0 Å².